The van der Waals surface area contributed by atoms with Crippen molar-refractivity contribution in [1.29, 1.82) is 0 Å². The second kappa shape index (κ2) is 7.85. The number of carbonyl (C=O) groups is 1. The molecule has 0 aliphatic carbocycles. The van der Waals surface area contributed by atoms with Crippen LogP contribution in [-0.4, -0.2) is 17.7 Å². The Bertz CT molecular complexity index is 239. The first kappa shape index (κ1) is 18.0. The molecule has 0 saturated heterocycles. The average Bonchev–Trinajstić information content (AvgIpc) is 2.01. The molecule has 0 spiro atoms. The highest BCUT2D eigenvalue weighted by molar-refractivity contribution is 8.93. The number of ether oxygens (including phenoxy) is 1. The van der Waals surface area contributed by atoms with Gasteiger partial charge in [-0.3, -0.25) is 5.32 Å². The topological polar surface area (TPSA) is 38.3 Å². The van der Waals surface area contributed by atoms with Gasteiger partial charge in [-0.25, -0.2) is 4.79 Å². The van der Waals surface area contributed by atoms with Gasteiger partial charge in [-0.2, -0.15) is 0 Å². The Morgan fingerprint density at radius 3 is 2.38 bits per heavy atom. The standard InChI is InChI=1S/C12H23NO2.BrH/c1-7-8-12(5,6)13-10(4)15-11(14)9(2)3;/h10,13H,2,7-8H2,1,3-6H3;1H. The summed E-state index contributed by atoms with van der Waals surface area (Å²) in [6, 6.07) is 0. The van der Waals surface area contributed by atoms with Crippen molar-refractivity contribution in [3.63, 3.8) is 0 Å². The summed E-state index contributed by atoms with van der Waals surface area (Å²) in [5, 5.41) is 3.26. The van der Waals surface area contributed by atoms with E-state index in [9.17, 15) is 4.79 Å². The molecule has 0 heterocycles. The number of carbonyl (C=O) groups excluding carboxylic acids is 1. The lowest BCUT2D eigenvalue weighted by molar-refractivity contribution is -0.145. The zero-order chi connectivity index (χ0) is 12.1. The fourth-order valence-electron chi connectivity index (χ4n) is 1.54. The van der Waals surface area contributed by atoms with E-state index < -0.39 is 0 Å². The molecule has 1 atom stereocenters. The molecule has 0 amide bonds. The highest BCUT2D eigenvalue weighted by Gasteiger charge is 2.20. The molecule has 0 rings (SSSR count). The lowest BCUT2D eigenvalue weighted by Crippen LogP contribution is -2.46. The molecule has 3 nitrogen and oxygen atoms in total. The van der Waals surface area contributed by atoms with Gasteiger partial charge in [0.25, 0.3) is 0 Å². The number of rotatable bonds is 6. The van der Waals surface area contributed by atoms with Crippen molar-refractivity contribution >= 4 is 23.0 Å². The molecule has 0 bridgehead atoms. The van der Waals surface area contributed by atoms with Gasteiger partial charge in [-0.05, 0) is 34.1 Å². The summed E-state index contributed by atoms with van der Waals surface area (Å²) in [5.41, 5.74) is 0.417. The van der Waals surface area contributed by atoms with Crippen molar-refractivity contribution in [3.05, 3.63) is 12.2 Å². The Morgan fingerprint density at radius 2 is 2.00 bits per heavy atom. The molecule has 4 heteroatoms. The normalized spacial score (nSPS) is 12.6. The summed E-state index contributed by atoms with van der Waals surface area (Å²) >= 11 is 0. The highest BCUT2D eigenvalue weighted by atomic mass is 79.9. The number of hydrogen-bond donors (Lipinski definition) is 1. The fourth-order valence-corrected chi connectivity index (χ4v) is 1.54. The first-order chi connectivity index (χ1) is 6.78. The summed E-state index contributed by atoms with van der Waals surface area (Å²) in [7, 11) is 0. The first-order valence-corrected chi connectivity index (χ1v) is 5.42. The number of esters is 1. The van der Waals surface area contributed by atoms with Crippen molar-refractivity contribution in [3.8, 4) is 0 Å². The molecule has 0 saturated carbocycles. The maximum atomic E-state index is 11.2. The Labute approximate surface area is 109 Å². The van der Waals surface area contributed by atoms with Crippen molar-refractivity contribution in [1.82, 2.24) is 5.32 Å². The number of halogens is 1. The molecule has 1 N–H and O–H groups in total. The second-order valence-corrected chi connectivity index (χ2v) is 4.61. The molecular weight excluding hydrogens is 270 g/mol. The van der Waals surface area contributed by atoms with Crippen LogP contribution < -0.4 is 5.32 Å². The van der Waals surface area contributed by atoms with Crippen LogP contribution >= 0.6 is 17.0 Å². The van der Waals surface area contributed by atoms with Crippen LogP contribution in [0.1, 0.15) is 47.5 Å². The van der Waals surface area contributed by atoms with Crippen LogP contribution in [0.4, 0.5) is 0 Å². The van der Waals surface area contributed by atoms with Crippen LogP contribution in [0.3, 0.4) is 0 Å². The fraction of sp³-hybridized carbons (Fsp3) is 0.750. The molecule has 0 aromatic rings. The summed E-state index contributed by atoms with van der Waals surface area (Å²) in [4.78, 5) is 11.2. The van der Waals surface area contributed by atoms with E-state index in [2.05, 4.69) is 32.7 Å². The summed E-state index contributed by atoms with van der Waals surface area (Å²) < 4.78 is 5.14. The molecular formula is C12H24BrNO2. The van der Waals surface area contributed by atoms with E-state index in [1.165, 1.54) is 0 Å². The third kappa shape index (κ3) is 7.88. The van der Waals surface area contributed by atoms with Gasteiger partial charge in [0.15, 0.2) is 6.23 Å². The van der Waals surface area contributed by atoms with Crippen molar-refractivity contribution in [2.75, 3.05) is 0 Å². The summed E-state index contributed by atoms with van der Waals surface area (Å²) in [6.45, 7) is 13.3. The molecule has 0 aliphatic heterocycles. The maximum absolute atomic E-state index is 11.2. The lowest BCUT2D eigenvalue weighted by Gasteiger charge is -2.29. The molecule has 0 aliphatic rings. The Balaban J connectivity index is 0. The van der Waals surface area contributed by atoms with E-state index in [-0.39, 0.29) is 34.7 Å². The van der Waals surface area contributed by atoms with E-state index in [1.54, 1.807) is 6.92 Å². The molecule has 96 valence electrons. The van der Waals surface area contributed by atoms with Crippen LogP contribution in [0, 0.1) is 0 Å². The van der Waals surface area contributed by atoms with E-state index in [0.29, 0.717) is 5.57 Å². The van der Waals surface area contributed by atoms with Gasteiger partial charge in [0.1, 0.15) is 0 Å². The maximum Gasteiger partial charge on any atom is 0.334 e. The first-order valence-electron chi connectivity index (χ1n) is 5.42. The largest absolute Gasteiger partial charge is 0.444 e. The SMILES string of the molecule is Br.C=C(C)C(=O)OC(C)NC(C)(C)CCC. The number of hydrogen-bond acceptors (Lipinski definition) is 3. The Kier molecular flexibility index (Phi) is 8.84. The minimum absolute atomic E-state index is 0. The Hall–Kier alpha value is -0.350. The van der Waals surface area contributed by atoms with Crippen LogP contribution in [0.2, 0.25) is 0 Å². The third-order valence-corrected chi connectivity index (χ3v) is 2.10. The number of nitrogens with one attached hydrogen (secondary N) is 1. The zero-order valence-corrected chi connectivity index (χ0v) is 12.6. The van der Waals surface area contributed by atoms with Gasteiger partial charge in [-0.15, -0.1) is 17.0 Å². The zero-order valence-electron chi connectivity index (χ0n) is 10.9. The van der Waals surface area contributed by atoms with E-state index in [1.807, 2.05) is 6.92 Å². The van der Waals surface area contributed by atoms with Crippen LogP contribution in [0.15, 0.2) is 12.2 Å². The minimum atomic E-state index is -0.345. The smallest absolute Gasteiger partial charge is 0.334 e. The molecule has 0 aromatic carbocycles. The van der Waals surface area contributed by atoms with Crippen molar-refractivity contribution in [2.24, 2.45) is 0 Å². The highest BCUT2D eigenvalue weighted by Crippen LogP contribution is 2.12. The van der Waals surface area contributed by atoms with Gasteiger partial charge >= 0.3 is 5.97 Å². The minimum Gasteiger partial charge on any atom is -0.444 e. The molecule has 16 heavy (non-hydrogen) atoms. The quantitative estimate of drug-likeness (QED) is 0.464. The van der Waals surface area contributed by atoms with Gasteiger partial charge in [0, 0.05) is 11.1 Å². The van der Waals surface area contributed by atoms with Crippen molar-refractivity contribution in [2.45, 2.75) is 59.2 Å². The average molecular weight is 294 g/mol. The van der Waals surface area contributed by atoms with Crippen LogP contribution in [0.25, 0.3) is 0 Å². The summed E-state index contributed by atoms with van der Waals surface area (Å²) in [5.74, 6) is -0.345. The van der Waals surface area contributed by atoms with E-state index >= 15 is 0 Å². The molecule has 0 aromatic heterocycles. The lowest BCUT2D eigenvalue weighted by atomic mass is 9.99. The molecule has 1 unspecified atom stereocenters. The van der Waals surface area contributed by atoms with Gasteiger partial charge < -0.3 is 4.74 Å². The molecule has 0 fully saturated rings. The Morgan fingerprint density at radius 1 is 1.50 bits per heavy atom. The molecule has 0 radical (unpaired) electrons. The predicted molar refractivity (Wildman–Crippen MR) is 72.8 cm³/mol. The second-order valence-electron chi connectivity index (χ2n) is 4.61. The van der Waals surface area contributed by atoms with Crippen molar-refractivity contribution < 1.29 is 9.53 Å². The van der Waals surface area contributed by atoms with Crippen LogP contribution in [-0.2, 0) is 9.53 Å². The predicted octanol–water partition coefficient (Wildman–Crippen LogP) is 3.20. The van der Waals surface area contributed by atoms with Gasteiger partial charge in [0.05, 0.1) is 0 Å². The van der Waals surface area contributed by atoms with E-state index in [0.717, 1.165) is 12.8 Å². The monoisotopic (exact) mass is 293 g/mol. The van der Waals surface area contributed by atoms with Crippen LogP contribution in [0.5, 0.6) is 0 Å². The van der Waals surface area contributed by atoms with Gasteiger partial charge in [-0.1, -0.05) is 19.9 Å². The summed E-state index contributed by atoms with van der Waals surface area (Å²) in [6.07, 6.45) is 1.86. The van der Waals surface area contributed by atoms with Gasteiger partial charge in [0.2, 0.25) is 0 Å². The van der Waals surface area contributed by atoms with E-state index in [4.69, 9.17) is 4.74 Å². The third-order valence-electron chi connectivity index (χ3n) is 2.10.